The fourth-order valence-electron chi connectivity index (χ4n) is 1.59. The molecule has 0 saturated carbocycles. The van der Waals surface area contributed by atoms with Gasteiger partial charge in [-0.15, -0.1) is 0 Å². The van der Waals surface area contributed by atoms with E-state index in [1.807, 2.05) is 24.3 Å². The van der Waals surface area contributed by atoms with E-state index in [0.29, 0.717) is 12.2 Å². The average Bonchev–Trinajstić information content (AvgIpc) is 2.26. The van der Waals surface area contributed by atoms with Crippen LogP contribution in [-0.2, 0) is 11.2 Å². The van der Waals surface area contributed by atoms with E-state index in [1.54, 1.807) is 14.0 Å². The number of Topliss-reactive ketones (excluding diaryl/α,β-unsaturated/α-hetero) is 1. The van der Waals surface area contributed by atoms with E-state index in [2.05, 4.69) is 17.2 Å². The molecule has 1 atom stereocenters. The Hall–Kier alpha value is -1.81. The van der Waals surface area contributed by atoms with Gasteiger partial charge in [0.2, 0.25) is 0 Å². The van der Waals surface area contributed by atoms with Crippen LogP contribution in [0.4, 0.5) is 5.69 Å². The summed E-state index contributed by atoms with van der Waals surface area (Å²) in [6, 6.07) is 7.65. The lowest BCUT2D eigenvalue weighted by atomic mass is 10.0. The van der Waals surface area contributed by atoms with Crippen molar-refractivity contribution in [3.8, 4) is 0 Å². The van der Waals surface area contributed by atoms with Crippen LogP contribution in [0.15, 0.2) is 36.7 Å². The Labute approximate surface area is 102 Å². The highest BCUT2D eigenvalue weighted by atomic mass is 16.1. The monoisotopic (exact) mass is 233 g/mol. The van der Waals surface area contributed by atoms with Crippen LogP contribution in [0.1, 0.15) is 12.5 Å². The molecule has 4 nitrogen and oxygen atoms in total. The minimum atomic E-state index is -0.127. The number of nitrogens with one attached hydrogen (secondary N) is 2. The van der Waals surface area contributed by atoms with Gasteiger partial charge in [-0.3, -0.25) is 4.79 Å². The predicted molar refractivity (Wildman–Crippen MR) is 70.6 cm³/mol. The molecular formula is C13H19N3O. The second kappa shape index (κ2) is 6.06. The van der Waals surface area contributed by atoms with Crippen molar-refractivity contribution in [3.05, 3.63) is 42.2 Å². The van der Waals surface area contributed by atoms with Crippen molar-refractivity contribution in [1.82, 2.24) is 5.32 Å². The third kappa shape index (κ3) is 4.28. The molecule has 0 amide bonds. The normalized spacial score (nSPS) is 11.9. The van der Waals surface area contributed by atoms with Gasteiger partial charge in [-0.2, -0.15) is 0 Å². The highest BCUT2D eigenvalue weighted by Gasteiger charge is 2.11. The first kappa shape index (κ1) is 13.3. The summed E-state index contributed by atoms with van der Waals surface area (Å²) in [4.78, 5) is 11.3. The lowest BCUT2D eigenvalue weighted by Crippen LogP contribution is -2.34. The summed E-state index contributed by atoms with van der Waals surface area (Å²) in [5, 5.41) is 5.92. The molecule has 4 heteroatoms. The van der Waals surface area contributed by atoms with Crippen LogP contribution in [0.25, 0.3) is 0 Å². The zero-order valence-electron chi connectivity index (χ0n) is 10.3. The molecular weight excluding hydrogens is 214 g/mol. The number of benzene rings is 1. The molecule has 4 N–H and O–H groups in total. The number of hydrogen-bond acceptors (Lipinski definition) is 4. The summed E-state index contributed by atoms with van der Waals surface area (Å²) in [6.45, 7) is 5.16. The van der Waals surface area contributed by atoms with Gasteiger partial charge in [0.25, 0.3) is 0 Å². The number of hydrogen-bond donors (Lipinski definition) is 3. The van der Waals surface area contributed by atoms with E-state index in [4.69, 9.17) is 5.73 Å². The molecule has 17 heavy (non-hydrogen) atoms. The Morgan fingerprint density at radius 2 is 2.00 bits per heavy atom. The van der Waals surface area contributed by atoms with Crippen molar-refractivity contribution in [2.45, 2.75) is 19.4 Å². The highest BCUT2D eigenvalue weighted by Crippen LogP contribution is 2.12. The SMILES string of the molecule is C=C(N)Nc1ccc(C[C@H](NC)C(C)=O)cc1. The molecule has 0 bridgehead atoms. The van der Waals surface area contributed by atoms with Crippen molar-refractivity contribution in [1.29, 1.82) is 0 Å². The number of nitrogens with two attached hydrogens (primary N) is 1. The van der Waals surface area contributed by atoms with E-state index in [0.717, 1.165) is 11.3 Å². The second-order valence-electron chi connectivity index (χ2n) is 4.00. The molecule has 92 valence electrons. The molecule has 1 rings (SSSR count). The topological polar surface area (TPSA) is 67.2 Å². The van der Waals surface area contributed by atoms with Gasteiger partial charge >= 0.3 is 0 Å². The maximum absolute atomic E-state index is 11.3. The van der Waals surface area contributed by atoms with Crippen molar-refractivity contribution in [3.63, 3.8) is 0 Å². The average molecular weight is 233 g/mol. The number of ketones is 1. The van der Waals surface area contributed by atoms with Gasteiger partial charge in [-0.1, -0.05) is 18.7 Å². The van der Waals surface area contributed by atoms with Crippen LogP contribution in [0.3, 0.4) is 0 Å². The summed E-state index contributed by atoms with van der Waals surface area (Å²) in [5.41, 5.74) is 7.44. The summed E-state index contributed by atoms with van der Waals surface area (Å²) < 4.78 is 0. The number of likely N-dealkylation sites (N-methyl/N-ethyl adjacent to an activating group) is 1. The predicted octanol–water partition coefficient (Wildman–Crippen LogP) is 1.25. The van der Waals surface area contributed by atoms with Crippen LogP contribution < -0.4 is 16.4 Å². The molecule has 0 unspecified atom stereocenters. The van der Waals surface area contributed by atoms with Gasteiger partial charge < -0.3 is 16.4 Å². The van der Waals surface area contributed by atoms with Gasteiger partial charge in [0.15, 0.2) is 0 Å². The summed E-state index contributed by atoms with van der Waals surface area (Å²) in [6.07, 6.45) is 0.690. The molecule has 0 aromatic heterocycles. The molecule has 1 aromatic carbocycles. The van der Waals surface area contributed by atoms with Crippen LogP contribution in [0, 0.1) is 0 Å². The van der Waals surface area contributed by atoms with Gasteiger partial charge in [0.05, 0.1) is 11.9 Å². The van der Waals surface area contributed by atoms with E-state index < -0.39 is 0 Å². The Morgan fingerprint density at radius 1 is 1.41 bits per heavy atom. The summed E-state index contributed by atoms with van der Waals surface area (Å²) >= 11 is 0. The first-order valence-corrected chi connectivity index (χ1v) is 5.51. The number of carbonyl (C=O) groups excluding carboxylic acids is 1. The molecule has 0 heterocycles. The Morgan fingerprint density at radius 3 is 2.41 bits per heavy atom. The van der Waals surface area contributed by atoms with Crippen molar-refractivity contribution >= 4 is 11.5 Å². The standard InChI is InChI=1S/C13H19N3O/c1-9(17)13(15-3)8-11-4-6-12(7-5-11)16-10(2)14/h4-7,13,15-16H,2,8,14H2,1,3H3/t13-/m0/s1. The zero-order chi connectivity index (χ0) is 12.8. The lowest BCUT2D eigenvalue weighted by molar-refractivity contribution is -0.118. The number of anilines is 1. The summed E-state index contributed by atoms with van der Waals surface area (Å²) in [5.74, 6) is 0.555. The Balaban J connectivity index is 2.67. The van der Waals surface area contributed by atoms with Crippen molar-refractivity contribution in [2.75, 3.05) is 12.4 Å². The fraction of sp³-hybridized carbons (Fsp3) is 0.308. The van der Waals surface area contributed by atoms with E-state index in [1.165, 1.54) is 0 Å². The van der Waals surface area contributed by atoms with Crippen LogP contribution in [0.2, 0.25) is 0 Å². The molecule has 1 aromatic rings. The fourth-order valence-corrected chi connectivity index (χ4v) is 1.59. The molecule has 0 saturated heterocycles. The van der Waals surface area contributed by atoms with Crippen molar-refractivity contribution in [2.24, 2.45) is 5.73 Å². The first-order valence-electron chi connectivity index (χ1n) is 5.51. The molecule has 0 aliphatic carbocycles. The molecule has 0 aliphatic heterocycles. The lowest BCUT2D eigenvalue weighted by Gasteiger charge is -2.13. The van der Waals surface area contributed by atoms with E-state index >= 15 is 0 Å². The minimum absolute atomic E-state index is 0.127. The molecule has 0 radical (unpaired) electrons. The Bertz CT molecular complexity index is 398. The zero-order valence-corrected chi connectivity index (χ0v) is 10.3. The molecule has 0 spiro atoms. The van der Waals surface area contributed by atoms with E-state index in [-0.39, 0.29) is 11.8 Å². The highest BCUT2D eigenvalue weighted by molar-refractivity contribution is 5.81. The van der Waals surface area contributed by atoms with Crippen molar-refractivity contribution < 1.29 is 4.79 Å². The summed E-state index contributed by atoms with van der Waals surface area (Å²) in [7, 11) is 1.79. The maximum Gasteiger partial charge on any atom is 0.147 e. The van der Waals surface area contributed by atoms with Gasteiger partial charge in [0, 0.05) is 5.69 Å². The third-order valence-electron chi connectivity index (χ3n) is 2.54. The minimum Gasteiger partial charge on any atom is -0.386 e. The number of rotatable bonds is 6. The number of carbonyl (C=O) groups is 1. The van der Waals surface area contributed by atoms with E-state index in [9.17, 15) is 4.79 Å². The van der Waals surface area contributed by atoms with Gasteiger partial charge in [-0.05, 0) is 38.1 Å². The second-order valence-corrected chi connectivity index (χ2v) is 4.00. The maximum atomic E-state index is 11.3. The first-order chi connectivity index (χ1) is 8.02. The van der Waals surface area contributed by atoms with Crippen LogP contribution in [0.5, 0.6) is 0 Å². The Kier molecular flexibility index (Phi) is 4.72. The third-order valence-corrected chi connectivity index (χ3v) is 2.54. The quantitative estimate of drug-likeness (QED) is 0.691. The van der Waals surface area contributed by atoms with Gasteiger partial charge in [-0.25, -0.2) is 0 Å². The molecule has 0 fully saturated rings. The van der Waals surface area contributed by atoms with Gasteiger partial charge in [0.1, 0.15) is 5.78 Å². The molecule has 0 aliphatic rings. The van der Waals surface area contributed by atoms with Crippen LogP contribution in [-0.4, -0.2) is 18.9 Å². The largest absolute Gasteiger partial charge is 0.386 e. The van der Waals surface area contributed by atoms with Crippen LogP contribution >= 0.6 is 0 Å². The smallest absolute Gasteiger partial charge is 0.147 e.